The third-order valence-electron chi connectivity index (χ3n) is 4.23. The van der Waals surface area contributed by atoms with Crippen molar-refractivity contribution in [2.45, 2.75) is 26.3 Å². The summed E-state index contributed by atoms with van der Waals surface area (Å²) in [6.45, 7) is 12.3. The fraction of sp³-hybridized carbons (Fsp3) is 0.167. The first-order chi connectivity index (χ1) is 12.6. The summed E-state index contributed by atoms with van der Waals surface area (Å²) in [6, 6.07) is 10.7. The number of halogens is 1. The molecule has 0 radical (unpaired) electrons. The quantitative estimate of drug-likeness (QED) is 0.433. The summed E-state index contributed by atoms with van der Waals surface area (Å²) in [5, 5.41) is 0. The molecule has 134 valence electrons. The van der Waals surface area contributed by atoms with E-state index in [1.165, 1.54) is 11.3 Å². The van der Waals surface area contributed by atoms with E-state index in [-0.39, 0.29) is 6.04 Å². The number of hydrogen-bond acceptors (Lipinski definition) is 1. The summed E-state index contributed by atoms with van der Waals surface area (Å²) in [6.07, 6.45) is 17.6. The lowest BCUT2D eigenvalue weighted by Crippen LogP contribution is -2.29. The van der Waals surface area contributed by atoms with E-state index >= 15 is 0 Å². The van der Waals surface area contributed by atoms with Gasteiger partial charge < -0.3 is 4.90 Å². The van der Waals surface area contributed by atoms with Crippen LogP contribution in [0.3, 0.4) is 0 Å². The minimum Gasteiger partial charge on any atom is -0.334 e. The van der Waals surface area contributed by atoms with Gasteiger partial charge in [-0.2, -0.15) is 0 Å². The molecule has 0 saturated carbocycles. The molecule has 0 amide bonds. The van der Waals surface area contributed by atoms with Crippen LogP contribution < -0.4 is 0 Å². The number of benzene rings is 1. The van der Waals surface area contributed by atoms with Crippen LogP contribution in [0.2, 0.25) is 0 Å². The molecule has 26 heavy (non-hydrogen) atoms. The molecule has 1 aliphatic rings. The van der Waals surface area contributed by atoms with Crippen LogP contribution >= 0.6 is 15.9 Å². The zero-order valence-corrected chi connectivity index (χ0v) is 17.1. The van der Waals surface area contributed by atoms with Crippen LogP contribution in [0.25, 0.3) is 5.70 Å². The molecular formula is C24H26BrN. The lowest BCUT2D eigenvalue weighted by atomic mass is 10.0. The Kier molecular flexibility index (Phi) is 7.68. The van der Waals surface area contributed by atoms with E-state index in [0.29, 0.717) is 0 Å². The second-order valence-corrected chi connectivity index (χ2v) is 7.05. The van der Waals surface area contributed by atoms with Crippen molar-refractivity contribution in [2.24, 2.45) is 0 Å². The monoisotopic (exact) mass is 407 g/mol. The maximum Gasteiger partial charge on any atom is 0.0621 e. The Labute approximate surface area is 166 Å². The van der Waals surface area contributed by atoms with E-state index < -0.39 is 0 Å². The fourth-order valence-corrected chi connectivity index (χ4v) is 3.12. The molecule has 1 aromatic rings. The van der Waals surface area contributed by atoms with Crippen LogP contribution in [0.1, 0.15) is 25.8 Å². The molecule has 0 fully saturated rings. The third-order valence-corrected chi connectivity index (χ3v) is 4.49. The predicted molar refractivity (Wildman–Crippen MR) is 119 cm³/mol. The number of allylic oxidation sites excluding steroid dienone is 7. The smallest absolute Gasteiger partial charge is 0.0621 e. The minimum atomic E-state index is 0.200. The number of hydrogen-bond donors (Lipinski definition) is 0. The average Bonchev–Trinajstić information content (AvgIpc) is 3.08. The van der Waals surface area contributed by atoms with E-state index in [9.17, 15) is 0 Å². The Hall–Kier alpha value is -2.32. The molecule has 1 nitrogen and oxygen atoms in total. The van der Waals surface area contributed by atoms with Gasteiger partial charge in [0, 0.05) is 15.9 Å². The van der Waals surface area contributed by atoms with E-state index in [1.807, 2.05) is 37.3 Å². The second-order valence-electron chi connectivity index (χ2n) is 6.03. The second kappa shape index (κ2) is 9.98. The lowest BCUT2D eigenvalue weighted by Gasteiger charge is -2.32. The summed E-state index contributed by atoms with van der Waals surface area (Å²) in [7, 11) is 0. The van der Waals surface area contributed by atoms with Gasteiger partial charge in [0.2, 0.25) is 0 Å². The highest BCUT2D eigenvalue weighted by atomic mass is 79.9. The number of rotatable bonds is 7. The highest BCUT2D eigenvalue weighted by Gasteiger charge is 2.29. The zero-order chi connectivity index (χ0) is 18.9. The largest absolute Gasteiger partial charge is 0.334 e. The van der Waals surface area contributed by atoms with Crippen molar-refractivity contribution in [1.29, 1.82) is 0 Å². The van der Waals surface area contributed by atoms with Crippen LogP contribution in [0.5, 0.6) is 0 Å². The SMILES string of the molecule is C=C(Br)C=CC(=CC)N1C(c2ccccc2)=CCC1C(=C)C=CC=CC. The third kappa shape index (κ3) is 5.09. The van der Waals surface area contributed by atoms with Gasteiger partial charge in [0.15, 0.2) is 0 Å². The first kappa shape index (κ1) is 20.0. The Bertz CT molecular complexity index is 791. The molecule has 0 aliphatic carbocycles. The van der Waals surface area contributed by atoms with Gasteiger partial charge >= 0.3 is 0 Å². The zero-order valence-electron chi connectivity index (χ0n) is 15.5. The Morgan fingerprint density at radius 1 is 1.08 bits per heavy atom. The molecule has 1 heterocycles. The predicted octanol–water partition coefficient (Wildman–Crippen LogP) is 7.16. The van der Waals surface area contributed by atoms with Crippen molar-refractivity contribution in [3.05, 3.63) is 113 Å². The normalized spacial score (nSPS) is 18.3. The van der Waals surface area contributed by atoms with E-state index in [0.717, 1.165) is 22.2 Å². The molecule has 1 aliphatic heterocycles. The maximum atomic E-state index is 4.32. The average molecular weight is 408 g/mol. The van der Waals surface area contributed by atoms with Gasteiger partial charge in [-0.25, -0.2) is 0 Å². The molecule has 1 unspecified atom stereocenters. The van der Waals surface area contributed by atoms with Crippen LogP contribution in [0.15, 0.2) is 108 Å². The van der Waals surface area contributed by atoms with Crippen molar-refractivity contribution in [1.82, 2.24) is 4.90 Å². The molecule has 0 aromatic heterocycles. The molecule has 0 saturated heterocycles. The van der Waals surface area contributed by atoms with Crippen LogP contribution in [0, 0.1) is 0 Å². The molecule has 0 N–H and O–H groups in total. The van der Waals surface area contributed by atoms with Gasteiger partial charge in [-0.05, 0) is 43.6 Å². The van der Waals surface area contributed by atoms with Crippen molar-refractivity contribution < 1.29 is 0 Å². The Morgan fingerprint density at radius 2 is 1.81 bits per heavy atom. The molecule has 0 bridgehead atoms. The summed E-state index contributed by atoms with van der Waals surface area (Å²) < 4.78 is 0.852. The van der Waals surface area contributed by atoms with Gasteiger partial charge in [0.1, 0.15) is 0 Å². The van der Waals surface area contributed by atoms with Crippen molar-refractivity contribution >= 4 is 21.6 Å². The molecule has 1 aromatic carbocycles. The Morgan fingerprint density at radius 3 is 2.42 bits per heavy atom. The van der Waals surface area contributed by atoms with Gasteiger partial charge in [0.05, 0.1) is 6.04 Å². The van der Waals surface area contributed by atoms with Crippen LogP contribution in [-0.4, -0.2) is 10.9 Å². The first-order valence-corrected chi connectivity index (χ1v) is 9.59. The number of nitrogens with zero attached hydrogens (tertiary/aromatic N) is 1. The highest BCUT2D eigenvalue weighted by molar-refractivity contribution is 9.11. The van der Waals surface area contributed by atoms with E-state index in [4.69, 9.17) is 0 Å². The molecular weight excluding hydrogens is 382 g/mol. The van der Waals surface area contributed by atoms with Crippen molar-refractivity contribution in [3.63, 3.8) is 0 Å². The minimum absolute atomic E-state index is 0.200. The summed E-state index contributed by atoms with van der Waals surface area (Å²) >= 11 is 3.41. The van der Waals surface area contributed by atoms with E-state index in [2.05, 4.69) is 89.5 Å². The van der Waals surface area contributed by atoms with Gasteiger partial charge in [-0.15, -0.1) is 0 Å². The highest BCUT2D eigenvalue weighted by Crippen LogP contribution is 2.37. The van der Waals surface area contributed by atoms with Gasteiger partial charge in [-0.3, -0.25) is 0 Å². The lowest BCUT2D eigenvalue weighted by molar-refractivity contribution is 0.442. The summed E-state index contributed by atoms with van der Waals surface area (Å²) in [5.74, 6) is 0. The molecule has 2 heteroatoms. The molecule has 1 atom stereocenters. The standard InChI is InChI=1S/C24H26BrN/c1-5-7-9-12-19(3)23-17-18-24(21-13-10-8-11-14-21)26(23)22(6-2)16-15-20(4)25/h5-16,18,23H,3-4,17H2,1-2H3. The van der Waals surface area contributed by atoms with Crippen LogP contribution in [-0.2, 0) is 0 Å². The van der Waals surface area contributed by atoms with Crippen molar-refractivity contribution in [3.8, 4) is 0 Å². The molecule has 2 rings (SSSR count). The summed E-state index contributed by atoms with van der Waals surface area (Å²) in [4.78, 5) is 2.37. The summed E-state index contributed by atoms with van der Waals surface area (Å²) in [5.41, 5.74) is 4.65. The molecule has 0 spiro atoms. The Balaban J connectivity index is 2.41. The van der Waals surface area contributed by atoms with Crippen molar-refractivity contribution in [2.75, 3.05) is 0 Å². The topological polar surface area (TPSA) is 3.24 Å². The first-order valence-electron chi connectivity index (χ1n) is 8.80. The fourth-order valence-electron chi connectivity index (χ4n) is 2.99. The van der Waals surface area contributed by atoms with Gasteiger partial charge in [0.25, 0.3) is 0 Å². The van der Waals surface area contributed by atoms with Crippen LogP contribution in [0.4, 0.5) is 0 Å². The van der Waals surface area contributed by atoms with E-state index in [1.54, 1.807) is 0 Å². The van der Waals surface area contributed by atoms with Gasteiger partial charge in [-0.1, -0.05) is 95.9 Å². The maximum absolute atomic E-state index is 4.32.